The van der Waals surface area contributed by atoms with Crippen LogP contribution in [-0.2, 0) is 10.0 Å². The SMILES string of the molecule is CN(C)S(=O)(=O)c1cccc(-c2n[nH]c(-c3ccccc3)c2-c2nc3ccccc3[nH]2)c1. The van der Waals surface area contributed by atoms with Crippen LogP contribution in [0.1, 0.15) is 0 Å². The summed E-state index contributed by atoms with van der Waals surface area (Å²) in [5.41, 5.74) is 5.61. The maximum Gasteiger partial charge on any atom is 0.242 e. The molecule has 0 aliphatic carbocycles. The number of aromatic nitrogens is 4. The van der Waals surface area contributed by atoms with E-state index in [2.05, 4.69) is 15.2 Å². The molecule has 2 N–H and O–H groups in total. The van der Waals surface area contributed by atoms with Crippen molar-refractivity contribution in [2.24, 2.45) is 0 Å². The highest BCUT2D eigenvalue weighted by Gasteiger charge is 2.23. The van der Waals surface area contributed by atoms with Gasteiger partial charge >= 0.3 is 0 Å². The maximum atomic E-state index is 12.7. The molecule has 32 heavy (non-hydrogen) atoms. The van der Waals surface area contributed by atoms with Crippen LogP contribution < -0.4 is 0 Å². The lowest BCUT2D eigenvalue weighted by atomic mass is 10.0. The molecule has 0 bridgehead atoms. The van der Waals surface area contributed by atoms with Crippen molar-refractivity contribution in [1.29, 1.82) is 0 Å². The van der Waals surface area contributed by atoms with Crippen LogP contribution in [0.5, 0.6) is 0 Å². The minimum atomic E-state index is -3.58. The number of para-hydroxylation sites is 2. The van der Waals surface area contributed by atoms with Crippen LogP contribution in [-0.4, -0.2) is 47.0 Å². The number of rotatable bonds is 5. The zero-order valence-corrected chi connectivity index (χ0v) is 18.4. The predicted octanol–water partition coefficient (Wildman–Crippen LogP) is 4.54. The van der Waals surface area contributed by atoms with Crippen molar-refractivity contribution >= 4 is 21.1 Å². The highest BCUT2D eigenvalue weighted by Crippen LogP contribution is 2.38. The summed E-state index contributed by atoms with van der Waals surface area (Å²) in [5, 5.41) is 7.73. The third-order valence-electron chi connectivity index (χ3n) is 5.34. The fraction of sp³-hybridized carbons (Fsp3) is 0.0833. The number of aromatic amines is 2. The molecular weight excluding hydrogens is 422 g/mol. The number of hydrogen-bond acceptors (Lipinski definition) is 4. The quantitative estimate of drug-likeness (QED) is 0.417. The van der Waals surface area contributed by atoms with Gasteiger partial charge in [-0.2, -0.15) is 5.10 Å². The maximum absolute atomic E-state index is 12.7. The van der Waals surface area contributed by atoms with Crippen molar-refractivity contribution in [2.45, 2.75) is 4.90 Å². The second-order valence-corrected chi connectivity index (χ2v) is 9.76. The Morgan fingerprint density at radius 3 is 2.31 bits per heavy atom. The number of sulfonamides is 1. The van der Waals surface area contributed by atoms with Crippen LogP contribution in [0.4, 0.5) is 0 Å². The van der Waals surface area contributed by atoms with E-state index in [0.717, 1.165) is 27.9 Å². The van der Waals surface area contributed by atoms with E-state index in [-0.39, 0.29) is 4.90 Å². The van der Waals surface area contributed by atoms with E-state index in [9.17, 15) is 8.42 Å². The van der Waals surface area contributed by atoms with Gasteiger partial charge in [-0.25, -0.2) is 17.7 Å². The standard InChI is InChI=1S/C24H21N5O2S/c1-29(2)32(30,31)18-12-8-11-17(15-18)23-21(22(27-28-23)16-9-4-3-5-10-16)24-25-19-13-6-7-14-20(19)26-24/h3-15H,1-2H3,(H,25,26)(H,27,28). The first-order valence-electron chi connectivity index (χ1n) is 10.1. The molecule has 5 rings (SSSR count). The van der Waals surface area contributed by atoms with Crippen molar-refractivity contribution in [1.82, 2.24) is 24.5 Å². The van der Waals surface area contributed by atoms with Crippen LogP contribution >= 0.6 is 0 Å². The Labute approximate surface area is 185 Å². The van der Waals surface area contributed by atoms with E-state index in [1.165, 1.54) is 18.4 Å². The highest BCUT2D eigenvalue weighted by atomic mass is 32.2. The fourth-order valence-electron chi connectivity index (χ4n) is 3.68. The van der Waals surface area contributed by atoms with Gasteiger partial charge in [0.2, 0.25) is 10.0 Å². The molecule has 0 saturated heterocycles. The van der Waals surface area contributed by atoms with Crippen molar-refractivity contribution in [3.8, 4) is 33.9 Å². The Bertz CT molecular complexity index is 1490. The van der Waals surface area contributed by atoms with Crippen molar-refractivity contribution < 1.29 is 8.42 Å². The second-order valence-electron chi connectivity index (χ2n) is 7.61. The van der Waals surface area contributed by atoms with E-state index < -0.39 is 10.0 Å². The lowest BCUT2D eigenvalue weighted by molar-refractivity contribution is 0.521. The molecule has 5 aromatic rings. The lowest BCUT2D eigenvalue weighted by Gasteiger charge is -2.12. The smallest absolute Gasteiger partial charge is 0.242 e. The average molecular weight is 444 g/mol. The molecule has 0 aliphatic rings. The van der Waals surface area contributed by atoms with Crippen molar-refractivity contribution in [2.75, 3.05) is 14.1 Å². The molecule has 160 valence electrons. The minimum Gasteiger partial charge on any atom is -0.338 e. The number of nitrogens with one attached hydrogen (secondary N) is 2. The summed E-state index contributed by atoms with van der Waals surface area (Å²) in [6.07, 6.45) is 0. The monoisotopic (exact) mass is 443 g/mol. The van der Waals surface area contributed by atoms with Gasteiger partial charge in [0.15, 0.2) is 0 Å². The van der Waals surface area contributed by atoms with Crippen LogP contribution in [0.3, 0.4) is 0 Å². The molecule has 0 fully saturated rings. The van der Waals surface area contributed by atoms with Gasteiger partial charge in [-0.15, -0.1) is 0 Å². The summed E-state index contributed by atoms with van der Waals surface area (Å²) in [6, 6.07) is 24.5. The van der Waals surface area contributed by atoms with Crippen LogP contribution in [0.2, 0.25) is 0 Å². The number of fused-ring (bicyclic) bond motifs is 1. The third-order valence-corrected chi connectivity index (χ3v) is 7.15. The van der Waals surface area contributed by atoms with Gasteiger partial charge < -0.3 is 4.98 Å². The predicted molar refractivity (Wildman–Crippen MR) is 125 cm³/mol. The Hall–Kier alpha value is -3.75. The first-order valence-corrected chi connectivity index (χ1v) is 11.5. The largest absolute Gasteiger partial charge is 0.338 e. The van der Waals surface area contributed by atoms with Gasteiger partial charge in [-0.05, 0) is 24.3 Å². The first-order chi connectivity index (χ1) is 15.4. The average Bonchev–Trinajstić information content (AvgIpc) is 3.44. The Kier molecular flexibility index (Phi) is 4.88. The zero-order valence-electron chi connectivity index (χ0n) is 17.6. The molecule has 8 heteroatoms. The van der Waals surface area contributed by atoms with E-state index in [1.54, 1.807) is 18.2 Å². The molecule has 0 atom stereocenters. The zero-order chi connectivity index (χ0) is 22.3. The lowest BCUT2D eigenvalue weighted by Crippen LogP contribution is -2.22. The van der Waals surface area contributed by atoms with Gasteiger partial charge in [0.1, 0.15) is 11.5 Å². The number of benzene rings is 3. The number of imidazole rings is 1. The molecule has 0 radical (unpaired) electrons. The molecule has 0 saturated carbocycles. The molecule has 0 unspecified atom stereocenters. The van der Waals surface area contributed by atoms with Crippen molar-refractivity contribution in [3.05, 3.63) is 78.9 Å². The van der Waals surface area contributed by atoms with Crippen LogP contribution in [0.15, 0.2) is 83.8 Å². The Morgan fingerprint density at radius 1 is 0.844 bits per heavy atom. The number of nitrogens with zero attached hydrogens (tertiary/aromatic N) is 3. The first kappa shape index (κ1) is 20.2. The van der Waals surface area contributed by atoms with Gasteiger partial charge in [0.05, 0.1) is 27.2 Å². The number of hydrogen-bond donors (Lipinski definition) is 2. The van der Waals surface area contributed by atoms with E-state index in [0.29, 0.717) is 17.1 Å². The summed E-state index contributed by atoms with van der Waals surface area (Å²) in [6.45, 7) is 0. The summed E-state index contributed by atoms with van der Waals surface area (Å²) >= 11 is 0. The van der Waals surface area contributed by atoms with Crippen molar-refractivity contribution in [3.63, 3.8) is 0 Å². The minimum absolute atomic E-state index is 0.208. The fourth-order valence-corrected chi connectivity index (χ4v) is 4.63. The Morgan fingerprint density at radius 2 is 1.56 bits per heavy atom. The summed E-state index contributed by atoms with van der Waals surface area (Å²) in [4.78, 5) is 8.38. The summed E-state index contributed by atoms with van der Waals surface area (Å²) in [7, 11) is -0.543. The highest BCUT2D eigenvalue weighted by molar-refractivity contribution is 7.89. The molecule has 0 amide bonds. The summed E-state index contributed by atoms with van der Waals surface area (Å²) < 4.78 is 26.6. The molecule has 0 spiro atoms. The molecule has 7 nitrogen and oxygen atoms in total. The van der Waals surface area contributed by atoms with Crippen LogP contribution in [0, 0.1) is 0 Å². The second kappa shape index (κ2) is 7.74. The normalized spacial score (nSPS) is 12.0. The molecule has 0 aliphatic heterocycles. The Balaban J connectivity index is 1.75. The molecule has 2 aromatic heterocycles. The van der Waals surface area contributed by atoms with E-state index in [1.807, 2.05) is 60.7 Å². The molecule has 3 aromatic carbocycles. The van der Waals surface area contributed by atoms with Gasteiger partial charge in [-0.1, -0.05) is 54.6 Å². The third kappa shape index (κ3) is 3.39. The van der Waals surface area contributed by atoms with Crippen LogP contribution in [0.25, 0.3) is 44.9 Å². The van der Waals surface area contributed by atoms with Gasteiger partial charge in [0.25, 0.3) is 0 Å². The van der Waals surface area contributed by atoms with Gasteiger partial charge in [-0.3, -0.25) is 5.10 Å². The van der Waals surface area contributed by atoms with E-state index in [4.69, 9.17) is 4.98 Å². The van der Waals surface area contributed by atoms with E-state index >= 15 is 0 Å². The molecular formula is C24H21N5O2S. The molecule has 2 heterocycles. The summed E-state index contributed by atoms with van der Waals surface area (Å²) in [5.74, 6) is 0.662. The topological polar surface area (TPSA) is 94.7 Å². The number of H-pyrrole nitrogens is 2. The van der Waals surface area contributed by atoms with Gasteiger partial charge in [0, 0.05) is 25.2 Å².